The van der Waals surface area contributed by atoms with Crippen molar-refractivity contribution in [3.05, 3.63) is 0 Å². The maximum atomic E-state index is 13.6. The fourth-order valence-electron chi connectivity index (χ4n) is 5.31. The number of unbranched alkanes of at least 4 members (excludes halogenated alkanes) is 1. The van der Waals surface area contributed by atoms with E-state index in [-0.39, 0.29) is 117 Å². The number of ether oxygens (including phenoxy) is 3. The summed E-state index contributed by atoms with van der Waals surface area (Å²) in [7, 11) is 0. The van der Waals surface area contributed by atoms with Crippen LogP contribution in [0.15, 0.2) is 0 Å². The predicted octanol–water partition coefficient (Wildman–Crippen LogP) is -1.27. The van der Waals surface area contributed by atoms with Crippen molar-refractivity contribution < 1.29 is 57.0 Å². The van der Waals surface area contributed by atoms with Crippen molar-refractivity contribution in [1.82, 2.24) is 26.2 Å². The van der Waals surface area contributed by atoms with Gasteiger partial charge in [-0.25, -0.2) is 17.7 Å². The van der Waals surface area contributed by atoms with Gasteiger partial charge in [-0.05, 0) is 44.9 Å². The van der Waals surface area contributed by atoms with E-state index in [1.807, 2.05) is 0 Å². The highest BCUT2D eigenvalue weighted by Crippen LogP contribution is 2.53. The molecule has 1 fully saturated rings. The molecule has 1 aliphatic rings. The van der Waals surface area contributed by atoms with Gasteiger partial charge in [0, 0.05) is 38.3 Å². The van der Waals surface area contributed by atoms with Gasteiger partial charge in [-0.3, -0.25) is 28.6 Å². The third-order valence-electron chi connectivity index (χ3n) is 8.12. The van der Waals surface area contributed by atoms with E-state index in [1.54, 1.807) is 6.92 Å². The molecule has 0 radical (unpaired) electrons. The molecule has 1 rings (SSSR count). The van der Waals surface area contributed by atoms with Crippen molar-refractivity contribution in [2.24, 2.45) is 23.6 Å². The van der Waals surface area contributed by atoms with E-state index in [9.17, 15) is 23.7 Å². The van der Waals surface area contributed by atoms with Crippen LogP contribution < -0.4 is 39.0 Å². The zero-order chi connectivity index (χ0) is 39.2. The molecule has 0 saturated heterocycles. The summed E-state index contributed by atoms with van der Waals surface area (Å²) in [6, 6.07) is -0.869. The van der Waals surface area contributed by atoms with Gasteiger partial charge in [0.1, 0.15) is 0 Å². The van der Waals surface area contributed by atoms with Crippen LogP contribution in [0.1, 0.15) is 51.9 Å². The van der Waals surface area contributed by atoms with Gasteiger partial charge in [0.05, 0.1) is 84.7 Å². The van der Waals surface area contributed by atoms with Gasteiger partial charge in [-0.15, -0.1) is 0 Å². The van der Waals surface area contributed by atoms with Crippen molar-refractivity contribution >= 4 is 42.4 Å². The first-order valence-electron chi connectivity index (χ1n) is 18.1. The van der Waals surface area contributed by atoms with Crippen molar-refractivity contribution in [3.8, 4) is 0 Å². The number of rotatable bonds is 33. The van der Waals surface area contributed by atoms with E-state index in [4.69, 9.17) is 36.4 Å². The number of amides is 4. The standard InChI is InChI=1S/C31H63N8O12PS/c1-2-52(44,53)51-26-8-6-25(7-9-26)30(42)37-10-4-3-5-27(31(43)38-13-16-47-19-22-50-34)39(23-28(40)35-11-14-45-17-20-48-32)24-29(41)36-12-15-46-18-21-49-33/h25-27H,2-24,32-34H2,1H3,(H,35,40)(H,36,41)(H,37,42)(H,38,43)(H,44,53). The fourth-order valence-corrected chi connectivity index (χ4v) is 6.54. The Morgan fingerprint density at radius 2 is 1.19 bits per heavy atom. The minimum atomic E-state index is -2.90. The second-order valence-electron chi connectivity index (χ2n) is 12.2. The van der Waals surface area contributed by atoms with Crippen LogP contribution in [-0.4, -0.2) is 146 Å². The summed E-state index contributed by atoms with van der Waals surface area (Å²) < 4.78 is 33.9. The van der Waals surface area contributed by atoms with Crippen LogP contribution in [-0.2, 0) is 57.0 Å². The summed E-state index contributed by atoms with van der Waals surface area (Å²) in [6.07, 6.45) is 4.04. The normalized spacial score (nSPS) is 17.5. The molecule has 1 aliphatic carbocycles. The first-order chi connectivity index (χ1) is 25.6. The first-order valence-corrected chi connectivity index (χ1v) is 21.0. The number of nitrogens with zero attached hydrogens (tertiary/aromatic N) is 1. The Morgan fingerprint density at radius 3 is 1.66 bits per heavy atom. The zero-order valence-electron chi connectivity index (χ0n) is 31.0. The summed E-state index contributed by atoms with van der Waals surface area (Å²) >= 11 is 4.13. The molecule has 0 aromatic rings. The van der Waals surface area contributed by atoms with E-state index < -0.39 is 30.3 Å². The second kappa shape index (κ2) is 31.2. The summed E-state index contributed by atoms with van der Waals surface area (Å²) in [5, 5.41) is 11.3. The molecule has 2 unspecified atom stereocenters. The van der Waals surface area contributed by atoms with Gasteiger partial charge in [-0.1, -0.05) is 19.2 Å². The van der Waals surface area contributed by atoms with Crippen molar-refractivity contribution in [3.63, 3.8) is 0 Å². The lowest BCUT2D eigenvalue weighted by Crippen LogP contribution is -2.54. The van der Waals surface area contributed by atoms with Crippen LogP contribution in [0, 0.1) is 5.92 Å². The highest BCUT2D eigenvalue weighted by Gasteiger charge is 2.31. The molecule has 22 heteroatoms. The number of hydrogen-bond donors (Lipinski definition) is 8. The largest absolute Gasteiger partial charge is 0.377 e. The molecule has 2 atom stereocenters. The first kappa shape index (κ1) is 49.0. The van der Waals surface area contributed by atoms with Gasteiger partial charge in [0.15, 0.2) is 0 Å². The molecule has 0 aromatic heterocycles. The van der Waals surface area contributed by atoms with Crippen LogP contribution >= 0.6 is 18.8 Å². The maximum Gasteiger partial charge on any atom is 0.254 e. The molecular formula is C31H63N8O12PS. The number of thiol groups is 1. The quantitative estimate of drug-likeness (QED) is 0.0166. The SMILES string of the molecule is CCP(=O)(S)OC1CCC(C(=O)NCCCCC(C(=O)NCCOCCON)N(CC(=O)NCCOCCON)CC(=O)NCCOCCON)CC1. The van der Waals surface area contributed by atoms with Gasteiger partial charge >= 0.3 is 0 Å². The minimum absolute atomic E-state index is 0.0589. The molecule has 0 bridgehead atoms. The summed E-state index contributed by atoms with van der Waals surface area (Å²) in [6.45, 7) is 1.25. The molecular weight excluding hydrogens is 739 g/mol. The van der Waals surface area contributed by atoms with Crippen LogP contribution in [0.25, 0.3) is 0 Å². The highest BCUT2D eigenvalue weighted by molar-refractivity contribution is 8.46. The van der Waals surface area contributed by atoms with Crippen molar-refractivity contribution in [1.29, 1.82) is 0 Å². The highest BCUT2D eigenvalue weighted by atomic mass is 32.7. The number of carbonyl (C=O) groups excluding carboxylic acids is 4. The Labute approximate surface area is 317 Å². The number of hydrogen-bond acceptors (Lipinski definition) is 16. The van der Waals surface area contributed by atoms with E-state index in [0.717, 1.165) is 0 Å². The molecule has 4 amide bonds. The Balaban J connectivity index is 2.85. The third-order valence-corrected chi connectivity index (χ3v) is 10.7. The van der Waals surface area contributed by atoms with E-state index in [1.165, 1.54) is 4.90 Å². The van der Waals surface area contributed by atoms with Crippen LogP contribution in [0.2, 0.25) is 0 Å². The monoisotopic (exact) mass is 802 g/mol. The lowest BCUT2D eigenvalue weighted by molar-refractivity contribution is -0.132. The predicted molar refractivity (Wildman–Crippen MR) is 198 cm³/mol. The lowest BCUT2D eigenvalue weighted by Gasteiger charge is -2.30. The summed E-state index contributed by atoms with van der Waals surface area (Å²) in [4.78, 5) is 67.4. The molecule has 0 spiro atoms. The fraction of sp³-hybridized carbons (Fsp3) is 0.871. The van der Waals surface area contributed by atoms with E-state index in [2.05, 4.69) is 48.0 Å². The average molecular weight is 803 g/mol. The number of nitrogens with one attached hydrogen (secondary N) is 4. The molecule has 310 valence electrons. The summed E-state index contributed by atoms with van der Waals surface area (Å²) in [5.41, 5.74) is 0. The molecule has 0 aliphatic heterocycles. The number of carbonyl (C=O) groups is 4. The summed E-state index contributed by atoms with van der Waals surface area (Å²) in [5.74, 6) is 13.5. The Kier molecular flexibility index (Phi) is 28.9. The zero-order valence-corrected chi connectivity index (χ0v) is 32.8. The Hall–Kier alpha value is -1.98. The second-order valence-corrected chi connectivity index (χ2v) is 16.1. The van der Waals surface area contributed by atoms with Gasteiger partial charge in [0.25, 0.3) is 6.57 Å². The third kappa shape index (κ3) is 24.9. The van der Waals surface area contributed by atoms with Crippen LogP contribution in [0.3, 0.4) is 0 Å². The van der Waals surface area contributed by atoms with Crippen LogP contribution in [0.4, 0.5) is 0 Å². The van der Waals surface area contributed by atoms with E-state index >= 15 is 0 Å². The Bertz CT molecular complexity index is 1030. The molecule has 20 nitrogen and oxygen atoms in total. The molecule has 10 N–H and O–H groups in total. The Morgan fingerprint density at radius 1 is 0.698 bits per heavy atom. The van der Waals surface area contributed by atoms with Gasteiger partial charge < -0.3 is 54.5 Å². The average Bonchev–Trinajstić information content (AvgIpc) is 3.13. The maximum absolute atomic E-state index is 13.6. The van der Waals surface area contributed by atoms with Crippen LogP contribution in [0.5, 0.6) is 0 Å². The molecule has 0 heterocycles. The topological polar surface area (TPSA) is 279 Å². The minimum Gasteiger partial charge on any atom is -0.377 e. The van der Waals surface area contributed by atoms with E-state index in [0.29, 0.717) is 51.2 Å². The number of nitrogens with two attached hydrogens (primary N) is 3. The smallest absolute Gasteiger partial charge is 0.254 e. The van der Waals surface area contributed by atoms with Gasteiger partial charge in [0.2, 0.25) is 23.6 Å². The molecule has 1 saturated carbocycles. The lowest BCUT2D eigenvalue weighted by atomic mass is 9.87. The van der Waals surface area contributed by atoms with Gasteiger partial charge in [-0.2, -0.15) is 0 Å². The molecule has 0 aromatic carbocycles. The molecule has 53 heavy (non-hydrogen) atoms. The van der Waals surface area contributed by atoms with Crippen molar-refractivity contribution in [2.75, 3.05) is 105 Å². The van der Waals surface area contributed by atoms with Crippen molar-refractivity contribution in [2.45, 2.75) is 64.0 Å².